The van der Waals surface area contributed by atoms with Crippen LogP contribution in [0.15, 0.2) is 54.2 Å². The number of rotatable bonds is 5. The Morgan fingerprint density at radius 2 is 1.87 bits per heavy atom. The Labute approximate surface area is 184 Å². The first kappa shape index (κ1) is 20.6. The molecule has 1 aromatic heterocycles. The van der Waals surface area contributed by atoms with Gasteiger partial charge in [0.25, 0.3) is 11.8 Å². The predicted octanol–water partition coefficient (Wildman–Crippen LogP) is 3.51. The molecule has 0 atom stereocenters. The third kappa shape index (κ3) is 3.55. The monoisotopic (exact) mass is 435 g/mol. The van der Waals surface area contributed by atoms with Crippen molar-refractivity contribution in [2.45, 2.75) is 13.5 Å². The zero-order chi connectivity index (χ0) is 22.1. The van der Waals surface area contributed by atoms with E-state index in [9.17, 15) is 9.59 Å². The summed E-state index contributed by atoms with van der Waals surface area (Å²) in [6.45, 7) is 2.80. The van der Waals surface area contributed by atoms with Crippen LogP contribution in [0, 0.1) is 0 Å². The van der Waals surface area contributed by atoms with Crippen LogP contribution < -0.4 is 19.7 Å². The molecule has 1 saturated heterocycles. The van der Waals surface area contributed by atoms with Crippen LogP contribution in [0.1, 0.15) is 12.5 Å². The minimum atomic E-state index is -0.540. The molecule has 2 aromatic carbocycles. The van der Waals surface area contributed by atoms with E-state index in [1.807, 2.05) is 37.4 Å². The molecule has 0 spiro atoms. The summed E-state index contributed by atoms with van der Waals surface area (Å²) in [5.74, 6) is -0.121. The Kier molecular flexibility index (Phi) is 5.48. The highest BCUT2D eigenvalue weighted by molar-refractivity contribution is 7.80. The molecule has 8 heteroatoms. The second-order valence-corrected chi connectivity index (χ2v) is 7.27. The van der Waals surface area contributed by atoms with E-state index in [1.165, 1.54) is 19.1 Å². The first-order chi connectivity index (χ1) is 15.0. The summed E-state index contributed by atoms with van der Waals surface area (Å²) in [6, 6.07) is 12.9. The van der Waals surface area contributed by atoms with Crippen molar-refractivity contribution in [3.8, 4) is 11.5 Å². The number of carbonyl (C=O) groups is 2. The van der Waals surface area contributed by atoms with Crippen molar-refractivity contribution >= 4 is 51.8 Å². The summed E-state index contributed by atoms with van der Waals surface area (Å²) in [7, 11) is 3.02. The van der Waals surface area contributed by atoms with Crippen molar-refractivity contribution in [2.75, 3.05) is 19.1 Å². The van der Waals surface area contributed by atoms with Gasteiger partial charge in [-0.1, -0.05) is 18.2 Å². The fourth-order valence-corrected chi connectivity index (χ4v) is 3.93. The van der Waals surface area contributed by atoms with Crippen LogP contribution in [0.2, 0.25) is 0 Å². The number of benzene rings is 2. The highest BCUT2D eigenvalue weighted by Gasteiger charge is 2.36. The highest BCUT2D eigenvalue weighted by atomic mass is 32.1. The van der Waals surface area contributed by atoms with E-state index < -0.39 is 11.8 Å². The topological polar surface area (TPSA) is 72.8 Å². The van der Waals surface area contributed by atoms with E-state index >= 15 is 0 Å². The van der Waals surface area contributed by atoms with Gasteiger partial charge in [0.2, 0.25) is 0 Å². The summed E-state index contributed by atoms with van der Waals surface area (Å²) in [6.07, 6.45) is 3.54. The Morgan fingerprint density at radius 3 is 2.58 bits per heavy atom. The van der Waals surface area contributed by atoms with Gasteiger partial charge in [0.05, 0.1) is 19.9 Å². The number of thiocarbonyl (C=S) groups is 1. The van der Waals surface area contributed by atoms with Crippen LogP contribution in [0.4, 0.5) is 5.69 Å². The van der Waals surface area contributed by atoms with Crippen molar-refractivity contribution in [2.24, 2.45) is 0 Å². The van der Waals surface area contributed by atoms with Gasteiger partial charge in [0.15, 0.2) is 5.11 Å². The van der Waals surface area contributed by atoms with Gasteiger partial charge in [-0.2, -0.15) is 0 Å². The summed E-state index contributed by atoms with van der Waals surface area (Å²) in [5.41, 5.74) is 2.18. The zero-order valence-electron chi connectivity index (χ0n) is 17.3. The summed E-state index contributed by atoms with van der Waals surface area (Å²) < 4.78 is 12.8. The molecule has 1 N–H and O–H groups in total. The lowest BCUT2D eigenvalue weighted by Gasteiger charge is -2.30. The quantitative estimate of drug-likeness (QED) is 0.377. The number of nitrogens with zero attached hydrogens (tertiary/aromatic N) is 2. The van der Waals surface area contributed by atoms with Gasteiger partial charge in [-0.25, -0.2) is 4.90 Å². The van der Waals surface area contributed by atoms with Gasteiger partial charge in [-0.15, -0.1) is 0 Å². The first-order valence-electron chi connectivity index (χ1n) is 9.69. The molecule has 1 aliphatic heterocycles. The number of ether oxygens (including phenoxy) is 2. The van der Waals surface area contributed by atoms with Gasteiger partial charge >= 0.3 is 0 Å². The number of aromatic nitrogens is 1. The lowest BCUT2D eigenvalue weighted by Crippen LogP contribution is -2.54. The summed E-state index contributed by atoms with van der Waals surface area (Å²) >= 11 is 5.31. The van der Waals surface area contributed by atoms with E-state index in [1.54, 1.807) is 24.3 Å². The van der Waals surface area contributed by atoms with E-state index in [-0.39, 0.29) is 10.7 Å². The number of hydrogen-bond donors (Lipinski definition) is 1. The number of amides is 2. The molecular formula is C23H21N3O4S. The molecule has 1 fully saturated rings. The number of hydrogen-bond acceptors (Lipinski definition) is 5. The molecule has 4 rings (SSSR count). The van der Waals surface area contributed by atoms with Crippen LogP contribution in [0.3, 0.4) is 0 Å². The van der Waals surface area contributed by atoms with Crippen LogP contribution in [0.25, 0.3) is 17.0 Å². The Hall–Kier alpha value is -3.65. The van der Waals surface area contributed by atoms with E-state index in [0.29, 0.717) is 17.2 Å². The van der Waals surface area contributed by atoms with Crippen LogP contribution >= 0.6 is 12.2 Å². The number of aryl methyl sites for hydroxylation is 1. The third-order valence-electron chi connectivity index (χ3n) is 5.19. The lowest BCUT2D eigenvalue weighted by atomic mass is 10.1. The zero-order valence-corrected chi connectivity index (χ0v) is 18.2. The van der Waals surface area contributed by atoms with Crippen LogP contribution in [0.5, 0.6) is 11.5 Å². The molecule has 2 amide bonds. The van der Waals surface area contributed by atoms with Gasteiger partial charge < -0.3 is 14.0 Å². The molecule has 0 saturated carbocycles. The minimum absolute atomic E-state index is 0.0162. The van der Waals surface area contributed by atoms with Crippen molar-refractivity contribution in [3.05, 3.63) is 59.8 Å². The maximum atomic E-state index is 13.4. The fourth-order valence-electron chi connectivity index (χ4n) is 3.66. The molecule has 31 heavy (non-hydrogen) atoms. The molecular weight excluding hydrogens is 414 g/mol. The number of fused-ring (bicyclic) bond motifs is 1. The van der Waals surface area contributed by atoms with Gasteiger partial charge in [0.1, 0.15) is 17.1 Å². The standard InChI is InChI=1S/C23H21N3O4S/c1-4-25-13-14(16-7-5-6-8-18(16)25)11-17-21(27)24-23(31)26(22(17)28)19-12-15(29-2)9-10-20(19)30-3/h5-13H,4H2,1-3H3,(H,24,27,31)/b17-11+. The Morgan fingerprint density at radius 1 is 1.10 bits per heavy atom. The number of anilines is 1. The van der Waals surface area contributed by atoms with Crippen molar-refractivity contribution in [3.63, 3.8) is 0 Å². The van der Waals surface area contributed by atoms with E-state index in [0.717, 1.165) is 23.0 Å². The minimum Gasteiger partial charge on any atom is -0.497 e. The van der Waals surface area contributed by atoms with Crippen LogP contribution in [-0.2, 0) is 16.1 Å². The normalized spacial score (nSPS) is 15.5. The SMILES string of the molecule is CCn1cc(/C=C2\C(=O)NC(=S)N(c3cc(OC)ccc3OC)C2=O)c2ccccc21. The molecule has 3 aromatic rings. The smallest absolute Gasteiger partial charge is 0.270 e. The first-order valence-corrected chi connectivity index (χ1v) is 10.1. The van der Waals surface area contributed by atoms with E-state index in [4.69, 9.17) is 21.7 Å². The Balaban J connectivity index is 1.83. The summed E-state index contributed by atoms with van der Waals surface area (Å²) in [4.78, 5) is 27.4. The second kappa shape index (κ2) is 8.23. The molecule has 0 radical (unpaired) electrons. The third-order valence-corrected chi connectivity index (χ3v) is 5.47. The molecule has 158 valence electrons. The van der Waals surface area contributed by atoms with E-state index in [2.05, 4.69) is 9.88 Å². The molecule has 7 nitrogen and oxygen atoms in total. The second-order valence-electron chi connectivity index (χ2n) is 6.88. The maximum Gasteiger partial charge on any atom is 0.270 e. The van der Waals surface area contributed by atoms with Gasteiger partial charge in [-0.05, 0) is 43.4 Å². The molecule has 0 aliphatic carbocycles. The lowest BCUT2D eigenvalue weighted by molar-refractivity contribution is -0.122. The summed E-state index contributed by atoms with van der Waals surface area (Å²) in [5, 5.41) is 3.55. The van der Waals surface area contributed by atoms with Gasteiger partial charge in [0, 0.05) is 35.3 Å². The molecule has 0 unspecified atom stereocenters. The molecule has 0 bridgehead atoms. The average molecular weight is 436 g/mol. The highest BCUT2D eigenvalue weighted by Crippen LogP contribution is 2.35. The van der Waals surface area contributed by atoms with Crippen LogP contribution in [-0.4, -0.2) is 35.7 Å². The van der Waals surface area contributed by atoms with Crippen molar-refractivity contribution in [1.82, 2.24) is 9.88 Å². The van der Waals surface area contributed by atoms with Crippen molar-refractivity contribution in [1.29, 1.82) is 0 Å². The predicted molar refractivity (Wildman–Crippen MR) is 123 cm³/mol. The fraction of sp³-hybridized carbons (Fsp3) is 0.174. The maximum absolute atomic E-state index is 13.4. The number of methoxy groups -OCH3 is 2. The van der Waals surface area contributed by atoms with Crippen molar-refractivity contribution < 1.29 is 19.1 Å². The van der Waals surface area contributed by atoms with Gasteiger partial charge in [-0.3, -0.25) is 14.9 Å². The Bertz CT molecular complexity index is 1240. The average Bonchev–Trinajstić information content (AvgIpc) is 3.14. The number of nitrogens with one attached hydrogen (secondary N) is 1. The largest absolute Gasteiger partial charge is 0.497 e. The molecule has 1 aliphatic rings. The molecule has 2 heterocycles. The number of carbonyl (C=O) groups excluding carboxylic acids is 2. The number of para-hydroxylation sites is 1.